The third-order valence-electron chi connectivity index (χ3n) is 5.47. The molecule has 0 aliphatic heterocycles. The van der Waals surface area contributed by atoms with Crippen molar-refractivity contribution in [2.45, 2.75) is 39.7 Å². The zero-order valence-electron chi connectivity index (χ0n) is 18.9. The Morgan fingerprint density at radius 2 is 1.97 bits per heavy atom. The van der Waals surface area contributed by atoms with E-state index in [1.165, 1.54) is 6.07 Å². The highest BCUT2D eigenvalue weighted by Gasteiger charge is 2.19. The molecule has 3 heterocycles. The van der Waals surface area contributed by atoms with Crippen molar-refractivity contribution >= 4 is 38.7 Å². The molecule has 1 aromatic carbocycles. The second kappa shape index (κ2) is 9.99. The van der Waals surface area contributed by atoms with Crippen molar-refractivity contribution in [1.29, 1.82) is 0 Å². The number of nitrogens with one attached hydrogen (secondary N) is 1. The van der Waals surface area contributed by atoms with E-state index in [1.807, 2.05) is 48.7 Å². The van der Waals surface area contributed by atoms with Crippen molar-refractivity contribution in [1.82, 2.24) is 19.3 Å². The topological polar surface area (TPSA) is 107 Å². The third-order valence-corrected chi connectivity index (χ3v) is 7.14. The molecule has 0 atom stereocenters. The molecule has 4 aromatic rings. The van der Waals surface area contributed by atoms with E-state index in [-0.39, 0.29) is 11.4 Å². The van der Waals surface area contributed by atoms with Crippen LogP contribution in [0.4, 0.5) is 0 Å². The summed E-state index contributed by atoms with van der Waals surface area (Å²) in [5.74, 6) is 0.556. The van der Waals surface area contributed by atoms with Crippen LogP contribution < -0.4 is 4.72 Å². The number of halogens is 1. The predicted molar refractivity (Wildman–Crippen MR) is 131 cm³/mol. The Balaban J connectivity index is 1.59. The van der Waals surface area contributed by atoms with Gasteiger partial charge in [-0.25, -0.2) is 23.1 Å². The highest BCUT2D eigenvalue weighted by atomic mass is 35.5. The number of fused-ring (bicyclic) bond motifs is 1. The fourth-order valence-corrected chi connectivity index (χ4v) is 4.97. The van der Waals surface area contributed by atoms with Gasteiger partial charge in [0.15, 0.2) is 5.65 Å². The number of amides is 1. The minimum atomic E-state index is -3.72. The Bertz CT molecular complexity index is 1430. The van der Waals surface area contributed by atoms with E-state index in [4.69, 9.17) is 16.0 Å². The Kier molecular flexibility index (Phi) is 7.04. The molecule has 0 bridgehead atoms. The summed E-state index contributed by atoms with van der Waals surface area (Å²) in [6, 6.07) is 12.5. The van der Waals surface area contributed by atoms with Gasteiger partial charge in [0, 0.05) is 10.6 Å². The number of benzene rings is 1. The van der Waals surface area contributed by atoms with Crippen LogP contribution in [-0.4, -0.2) is 34.6 Å². The lowest BCUT2D eigenvalue weighted by Crippen LogP contribution is -2.33. The molecule has 4 rings (SSSR count). The maximum absolute atomic E-state index is 12.6. The third kappa shape index (κ3) is 5.31. The Morgan fingerprint density at radius 1 is 1.15 bits per heavy atom. The quantitative estimate of drug-likeness (QED) is 0.326. The van der Waals surface area contributed by atoms with Gasteiger partial charge in [0.25, 0.3) is 5.91 Å². The van der Waals surface area contributed by atoms with Crippen LogP contribution in [0, 0.1) is 6.92 Å². The molecule has 1 N–H and O–H groups in total. The summed E-state index contributed by atoms with van der Waals surface area (Å²) in [5, 5.41) is 0.558. The Morgan fingerprint density at radius 3 is 2.68 bits per heavy atom. The normalized spacial score (nSPS) is 11.7. The number of sulfonamides is 1. The zero-order chi connectivity index (χ0) is 24.3. The number of aryl methyl sites for hydroxylation is 1. The maximum Gasteiger partial charge on any atom is 0.283 e. The van der Waals surface area contributed by atoms with Gasteiger partial charge in [-0.1, -0.05) is 43.5 Å². The number of aromatic nitrogens is 3. The molecule has 178 valence electrons. The minimum Gasteiger partial charge on any atom is -0.464 e. The number of unbranched alkanes of at least 4 members (excludes halogenated alkanes) is 2. The lowest BCUT2D eigenvalue weighted by molar-refractivity contribution is 0.0977. The molecular formula is C24H25ClN4O4S. The largest absolute Gasteiger partial charge is 0.464 e. The van der Waals surface area contributed by atoms with Crippen molar-refractivity contribution in [2.24, 2.45) is 0 Å². The van der Waals surface area contributed by atoms with E-state index in [2.05, 4.69) is 14.7 Å². The van der Waals surface area contributed by atoms with Gasteiger partial charge in [-0.05, 0) is 49.2 Å². The number of hydrogen-bond donors (Lipinski definition) is 1. The van der Waals surface area contributed by atoms with Crippen LogP contribution >= 0.6 is 11.6 Å². The average molecular weight is 501 g/mol. The molecule has 0 saturated heterocycles. The lowest BCUT2D eigenvalue weighted by atomic mass is 10.1. The maximum atomic E-state index is 12.6. The first-order valence-electron chi connectivity index (χ1n) is 11.0. The van der Waals surface area contributed by atoms with E-state index in [0.717, 1.165) is 29.7 Å². The first kappa shape index (κ1) is 24.0. The van der Waals surface area contributed by atoms with Crippen LogP contribution in [0.5, 0.6) is 0 Å². The molecule has 0 unspecified atom stereocenters. The number of imidazole rings is 1. The van der Waals surface area contributed by atoms with Gasteiger partial charge in [-0.2, -0.15) is 0 Å². The van der Waals surface area contributed by atoms with Crippen LogP contribution in [0.15, 0.2) is 53.1 Å². The van der Waals surface area contributed by atoms with Crippen molar-refractivity contribution in [3.63, 3.8) is 0 Å². The molecule has 3 aromatic heterocycles. The van der Waals surface area contributed by atoms with E-state index in [1.54, 1.807) is 12.3 Å². The van der Waals surface area contributed by atoms with Crippen molar-refractivity contribution in [3.8, 4) is 11.3 Å². The molecule has 0 aliphatic rings. The van der Waals surface area contributed by atoms with Gasteiger partial charge in [-0.15, -0.1) is 0 Å². The van der Waals surface area contributed by atoms with Gasteiger partial charge in [-0.3, -0.25) is 4.79 Å². The molecule has 34 heavy (non-hydrogen) atoms. The summed E-state index contributed by atoms with van der Waals surface area (Å²) in [4.78, 5) is 21.5. The fraction of sp³-hybridized carbons (Fsp3) is 0.292. The lowest BCUT2D eigenvalue weighted by Gasteiger charge is -2.10. The molecule has 0 saturated carbocycles. The van der Waals surface area contributed by atoms with Crippen LogP contribution in [-0.2, 0) is 16.6 Å². The molecule has 8 nitrogen and oxygen atoms in total. The monoisotopic (exact) mass is 500 g/mol. The Labute approximate surface area is 203 Å². The van der Waals surface area contributed by atoms with Crippen LogP contribution in [0.1, 0.15) is 48.1 Å². The summed E-state index contributed by atoms with van der Waals surface area (Å²) in [6.07, 6.45) is 3.77. The number of hydrogen-bond acceptors (Lipinski definition) is 6. The average Bonchev–Trinajstić information content (AvgIpc) is 3.43. The summed E-state index contributed by atoms with van der Waals surface area (Å²) >= 11 is 6.55. The van der Waals surface area contributed by atoms with E-state index in [9.17, 15) is 13.2 Å². The van der Waals surface area contributed by atoms with Gasteiger partial charge in [0.05, 0.1) is 18.6 Å². The SMILES string of the molecule is CCCCCS(=O)(=O)NC(=O)c1ccc2nc(C)n(Cc3ccc(-c4ccco4)cc3Cl)c2n1. The molecule has 10 heteroatoms. The molecule has 1 amide bonds. The van der Waals surface area contributed by atoms with Crippen molar-refractivity contribution in [3.05, 3.63) is 70.8 Å². The summed E-state index contributed by atoms with van der Waals surface area (Å²) in [6.45, 7) is 4.20. The summed E-state index contributed by atoms with van der Waals surface area (Å²) in [7, 11) is -3.72. The van der Waals surface area contributed by atoms with Gasteiger partial charge < -0.3 is 8.98 Å². The molecular weight excluding hydrogens is 476 g/mol. The first-order valence-corrected chi connectivity index (χ1v) is 13.0. The fourth-order valence-electron chi connectivity index (χ4n) is 3.66. The number of furan rings is 1. The van der Waals surface area contributed by atoms with Crippen molar-refractivity contribution in [2.75, 3.05) is 5.75 Å². The number of carbonyl (C=O) groups is 1. The van der Waals surface area contributed by atoms with Gasteiger partial charge in [0.1, 0.15) is 22.8 Å². The van der Waals surface area contributed by atoms with Crippen LogP contribution in [0.3, 0.4) is 0 Å². The number of pyridine rings is 1. The second-order valence-corrected chi connectivity index (χ2v) is 10.3. The molecule has 0 radical (unpaired) electrons. The Hall–Kier alpha value is -3.17. The molecule has 0 aliphatic carbocycles. The highest BCUT2D eigenvalue weighted by molar-refractivity contribution is 7.90. The van der Waals surface area contributed by atoms with Gasteiger partial charge in [0.2, 0.25) is 10.0 Å². The summed E-state index contributed by atoms with van der Waals surface area (Å²) < 4.78 is 33.8. The highest BCUT2D eigenvalue weighted by Crippen LogP contribution is 2.27. The standard InChI is InChI=1S/C24H25ClN4O4S/c1-3-4-5-13-34(31,32)28-24(30)21-11-10-20-23(27-21)29(16(2)26-20)15-18-9-8-17(14-19(18)25)22-7-6-12-33-22/h6-12,14H,3-5,13,15H2,1-2H3,(H,28,30). The van der Waals surface area contributed by atoms with Crippen LogP contribution in [0.2, 0.25) is 5.02 Å². The predicted octanol–water partition coefficient (Wildman–Crippen LogP) is 4.95. The first-order chi connectivity index (χ1) is 16.3. The number of nitrogens with zero attached hydrogens (tertiary/aromatic N) is 3. The van der Waals surface area contributed by atoms with E-state index < -0.39 is 15.9 Å². The number of rotatable bonds is 9. The zero-order valence-corrected chi connectivity index (χ0v) is 20.5. The summed E-state index contributed by atoms with van der Waals surface area (Å²) in [5.41, 5.74) is 2.78. The van der Waals surface area contributed by atoms with Crippen molar-refractivity contribution < 1.29 is 17.6 Å². The second-order valence-electron chi connectivity index (χ2n) is 8.03. The number of carbonyl (C=O) groups excluding carboxylic acids is 1. The van der Waals surface area contributed by atoms with Crippen LogP contribution in [0.25, 0.3) is 22.5 Å². The van der Waals surface area contributed by atoms with E-state index in [0.29, 0.717) is 35.0 Å². The smallest absolute Gasteiger partial charge is 0.283 e. The van der Waals surface area contributed by atoms with E-state index >= 15 is 0 Å². The molecule has 0 spiro atoms. The molecule has 0 fully saturated rings. The van der Waals surface area contributed by atoms with Gasteiger partial charge >= 0.3 is 0 Å². The minimum absolute atomic E-state index is 0.00646.